The minimum atomic E-state index is -0.470. The summed E-state index contributed by atoms with van der Waals surface area (Å²) in [6, 6.07) is 6.42. The van der Waals surface area contributed by atoms with Crippen molar-refractivity contribution in [2.75, 3.05) is 0 Å². The molecule has 3 N–H and O–H groups in total. The molecule has 1 unspecified atom stereocenters. The molecule has 1 aliphatic carbocycles. The molecule has 2 rings (SSSR count). The van der Waals surface area contributed by atoms with Gasteiger partial charge in [0.25, 0.3) is 0 Å². The van der Waals surface area contributed by atoms with Crippen molar-refractivity contribution in [1.82, 2.24) is 5.32 Å². The van der Waals surface area contributed by atoms with Gasteiger partial charge < -0.3 is 15.8 Å². The first kappa shape index (κ1) is 20.0. The van der Waals surface area contributed by atoms with E-state index in [2.05, 4.69) is 35.4 Å². The van der Waals surface area contributed by atoms with Gasteiger partial charge in [-0.05, 0) is 75.8 Å². The summed E-state index contributed by atoms with van der Waals surface area (Å²) in [5, 5.41) is 2.96. The minimum absolute atomic E-state index is 0.128. The van der Waals surface area contributed by atoms with Crippen molar-refractivity contribution in [3.63, 3.8) is 0 Å². The number of amides is 1. The maximum Gasteiger partial charge on any atom is 0.407 e. The third-order valence-corrected chi connectivity index (χ3v) is 4.33. The van der Waals surface area contributed by atoms with Gasteiger partial charge in [-0.1, -0.05) is 19.1 Å². The van der Waals surface area contributed by atoms with Gasteiger partial charge in [0.1, 0.15) is 5.60 Å². The summed E-state index contributed by atoms with van der Waals surface area (Å²) in [5.41, 5.74) is 9.95. The maximum absolute atomic E-state index is 11.9. The van der Waals surface area contributed by atoms with Crippen LogP contribution in [0.25, 0.3) is 5.57 Å². The van der Waals surface area contributed by atoms with Gasteiger partial charge in [0.2, 0.25) is 0 Å². The summed E-state index contributed by atoms with van der Waals surface area (Å²) in [5.74, 6) is 0.647. The average molecular weight is 357 g/mol. The lowest BCUT2D eigenvalue weighted by atomic mass is 9.90. The van der Waals surface area contributed by atoms with E-state index in [1.807, 2.05) is 33.8 Å². The zero-order valence-electron chi connectivity index (χ0n) is 16.6. The highest BCUT2D eigenvalue weighted by atomic mass is 16.6. The first-order valence-electron chi connectivity index (χ1n) is 9.30. The third kappa shape index (κ3) is 5.90. The van der Waals surface area contributed by atoms with Crippen molar-refractivity contribution in [2.24, 2.45) is 10.7 Å². The topological polar surface area (TPSA) is 76.7 Å². The van der Waals surface area contributed by atoms with E-state index in [4.69, 9.17) is 10.5 Å². The van der Waals surface area contributed by atoms with E-state index in [1.165, 1.54) is 11.1 Å². The van der Waals surface area contributed by atoms with Gasteiger partial charge in [0, 0.05) is 12.5 Å². The van der Waals surface area contributed by atoms with Crippen LogP contribution in [-0.2, 0) is 4.74 Å². The lowest BCUT2D eigenvalue weighted by molar-refractivity contribution is 0.0502. The number of aliphatic imine (C=N–C) groups is 1. The molecule has 0 heterocycles. The molecule has 142 valence electrons. The summed E-state index contributed by atoms with van der Waals surface area (Å²) in [6.45, 7) is 9.67. The Kier molecular flexibility index (Phi) is 6.46. The number of nitrogens with one attached hydrogen (secondary N) is 1. The average Bonchev–Trinajstić information content (AvgIpc) is 2.55. The first-order valence-corrected chi connectivity index (χ1v) is 9.30. The van der Waals surface area contributed by atoms with Crippen LogP contribution in [0.5, 0.6) is 0 Å². The fourth-order valence-electron chi connectivity index (χ4n) is 2.92. The quantitative estimate of drug-likeness (QED) is 0.597. The molecule has 0 aliphatic heterocycles. The number of nitrogens with two attached hydrogens (primary N) is 1. The van der Waals surface area contributed by atoms with Crippen molar-refractivity contribution in [2.45, 2.75) is 71.9 Å². The fourth-order valence-corrected chi connectivity index (χ4v) is 2.92. The highest BCUT2D eigenvalue weighted by Crippen LogP contribution is 2.30. The van der Waals surface area contributed by atoms with Crippen molar-refractivity contribution in [1.29, 1.82) is 0 Å². The van der Waals surface area contributed by atoms with Gasteiger partial charge in [-0.15, -0.1) is 0 Å². The molecule has 1 aliphatic rings. The summed E-state index contributed by atoms with van der Waals surface area (Å²) in [4.78, 5) is 16.3. The molecule has 0 bridgehead atoms. The number of ether oxygens (including phenoxy) is 1. The second-order valence-corrected chi connectivity index (χ2v) is 7.80. The molecule has 0 saturated carbocycles. The second kappa shape index (κ2) is 8.39. The van der Waals surface area contributed by atoms with E-state index in [1.54, 1.807) is 0 Å². The lowest BCUT2D eigenvalue weighted by Gasteiger charge is -2.26. The third-order valence-electron chi connectivity index (χ3n) is 4.33. The molecular weight excluding hydrogens is 326 g/mol. The summed E-state index contributed by atoms with van der Waals surface area (Å²) < 4.78 is 5.33. The molecule has 1 aromatic rings. The normalized spacial score (nSPS) is 18.3. The van der Waals surface area contributed by atoms with Crippen LogP contribution < -0.4 is 11.1 Å². The number of nitrogens with zero attached hydrogens (tertiary/aromatic N) is 1. The number of carbonyl (C=O) groups excluding carboxylic acids is 1. The molecule has 1 amide bonds. The highest BCUT2D eigenvalue weighted by molar-refractivity contribution is 5.83. The van der Waals surface area contributed by atoms with E-state index in [0.29, 0.717) is 5.84 Å². The number of carbonyl (C=O) groups is 1. The van der Waals surface area contributed by atoms with Crippen molar-refractivity contribution in [3.05, 3.63) is 35.4 Å². The number of aryl methyl sites for hydroxylation is 1. The van der Waals surface area contributed by atoms with Crippen molar-refractivity contribution < 1.29 is 9.53 Å². The SMILES string of the molecule is CCC(N)=Nc1ccc(C2=CCC(NC(=O)OC(C)(C)C)CC2)cc1C. The Labute approximate surface area is 156 Å². The Morgan fingerprint density at radius 3 is 2.65 bits per heavy atom. The number of amidine groups is 1. The number of allylic oxidation sites excluding steroid dienone is 1. The molecule has 26 heavy (non-hydrogen) atoms. The van der Waals surface area contributed by atoms with E-state index in [9.17, 15) is 4.79 Å². The predicted octanol–water partition coefficient (Wildman–Crippen LogP) is 4.85. The Bertz CT molecular complexity index is 714. The zero-order valence-corrected chi connectivity index (χ0v) is 16.6. The molecule has 0 saturated heterocycles. The van der Waals surface area contributed by atoms with E-state index >= 15 is 0 Å². The number of alkyl carbamates (subject to hydrolysis) is 1. The van der Waals surface area contributed by atoms with Gasteiger partial charge in [0.05, 0.1) is 11.5 Å². The van der Waals surface area contributed by atoms with Crippen molar-refractivity contribution >= 4 is 23.2 Å². The van der Waals surface area contributed by atoms with Crippen LogP contribution >= 0.6 is 0 Å². The number of hydrogen-bond donors (Lipinski definition) is 2. The first-order chi connectivity index (χ1) is 12.2. The molecule has 0 spiro atoms. The van der Waals surface area contributed by atoms with Gasteiger partial charge in [-0.2, -0.15) is 0 Å². The largest absolute Gasteiger partial charge is 0.444 e. The van der Waals surface area contributed by atoms with E-state index in [0.717, 1.165) is 36.9 Å². The summed E-state index contributed by atoms with van der Waals surface area (Å²) in [6.07, 6.45) is 5.27. The summed E-state index contributed by atoms with van der Waals surface area (Å²) >= 11 is 0. The maximum atomic E-state index is 11.9. The van der Waals surface area contributed by atoms with Gasteiger partial charge >= 0.3 is 6.09 Å². The number of rotatable bonds is 4. The molecule has 5 heteroatoms. The van der Waals surface area contributed by atoms with Crippen LogP contribution in [0.15, 0.2) is 29.3 Å². The molecular formula is C21H31N3O2. The monoisotopic (exact) mass is 357 g/mol. The highest BCUT2D eigenvalue weighted by Gasteiger charge is 2.21. The van der Waals surface area contributed by atoms with Crippen LogP contribution in [0, 0.1) is 6.92 Å². The van der Waals surface area contributed by atoms with E-state index < -0.39 is 5.60 Å². The number of hydrogen-bond acceptors (Lipinski definition) is 3. The van der Waals surface area contributed by atoms with Crippen LogP contribution in [0.4, 0.5) is 10.5 Å². The van der Waals surface area contributed by atoms with Gasteiger partial charge in [0.15, 0.2) is 0 Å². The van der Waals surface area contributed by atoms with Crippen LogP contribution in [0.3, 0.4) is 0 Å². The van der Waals surface area contributed by atoms with Crippen LogP contribution in [0.1, 0.15) is 64.5 Å². The van der Waals surface area contributed by atoms with Gasteiger partial charge in [-0.3, -0.25) is 0 Å². The molecule has 0 fully saturated rings. The molecule has 1 aromatic carbocycles. The Morgan fingerprint density at radius 1 is 1.38 bits per heavy atom. The van der Waals surface area contributed by atoms with Crippen LogP contribution in [-0.4, -0.2) is 23.6 Å². The lowest BCUT2D eigenvalue weighted by Crippen LogP contribution is -2.39. The van der Waals surface area contributed by atoms with E-state index in [-0.39, 0.29) is 12.1 Å². The molecule has 0 radical (unpaired) electrons. The van der Waals surface area contributed by atoms with Gasteiger partial charge in [-0.25, -0.2) is 9.79 Å². The molecule has 1 atom stereocenters. The minimum Gasteiger partial charge on any atom is -0.444 e. The number of benzene rings is 1. The Hall–Kier alpha value is -2.30. The Balaban J connectivity index is 2.00. The van der Waals surface area contributed by atoms with Crippen molar-refractivity contribution in [3.8, 4) is 0 Å². The second-order valence-electron chi connectivity index (χ2n) is 7.80. The Morgan fingerprint density at radius 2 is 2.12 bits per heavy atom. The summed E-state index contributed by atoms with van der Waals surface area (Å²) in [7, 11) is 0. The zero-order chi connectivity index (χ0) is 19.3. The predicted molar refractivity (Wildman–Crippen MR) is 108 cm³/mol. The molecule has 0 aromatic heterocycles. The fraction of sp³-hybridized carbons (Fsp3) is 0.524. The standard InChI is InChI=1S/C21H31N3O2/c1-6-19(22)24-18-12-9-16(13-14(18)2)15-7-10-17(11-8-15)23-20(25)26-21(3,4)5/h7,9,12-13,17H,6,8,10-11H2,1-5H3,(H2,22,24)(H,23,25). The van der Waals surface area contributed by atoms with Crippen LogP contribution in [0.2, 0.25) is 0 Å². The smallest absolute Gasteiger partial charge is 0.407 e. The molecule has 5 nitrogen and oxygen atoms in total.